The minimum Gasteiger partial charge on any atom is -0.380 e. The molecule has 0 aliphatic carbocycles. The van der Waals surface area contributed by atoms with Gasteiger partial charge in [-0.1, -0.05) is 23.7 Å². The second-order valence-electron chi connectivity index (χ2n) is 5.35. The Bertz CT molecular complexity index is 467. The number of urea groups is 1. The predicted molar refractivity (Wildman–Crippen MR) is 86.1 cm³/mol. The van der Waals surface area contributed by atoms with Gasteiger partial charge in [0.2, 0.25) is 0 Å². The third-order valence-electron chi connectivity index (χ3n) is 3.65. The number of rotatable bonds is 5. The van der Waals surface area contributed by atoms with Crippen LogP contribution in [0.15, 0.2) is 24.3 Å². The van der Waals surface area contributed by atoms with Gasteiger partial charge in [0, 0.05) is 30.8 Å². The second-order valence-corrected chi connectivity index (χ2v) is 5.79. The van der Waals surface area contributed by atoms with E-state index in [2.05, 4.69) is 5.32 Å². The van der Waals surface area contributed by atoms with Crippen molar-refractivity contribution in [2.24, 2.45) is 0 Å². The number of carbonyl (C=O) groups is 1. The van der Waals surface area contributed by atoms with Gasteiger partial charge in [-0.2, -0.15) is 0 Å². The van der Waals surface area contributed by atoms with Crippen LogP contribution in [0.3, 0.4) is 0 Å². The van der Waals surface area contributed by atoms with Crippen LogP contribution in [0, 0.1) is 0 Å². The van der Waals surface area contributed by atoms with E-state index in [1.165, 1.54) is 0 Å². The average Bonchev–Trinajstić information content (AvgIpc) is 2.73. The molecule has 0 bridgehead atoms. The number of nitrogens with zero attached hydrogens (tertiary/aromatic N) is 1. The first kappa shape index (κ1) is 17.1. The van der Waals surface area contributed by atoms with Gasteiger partial charge in [0.25, 0.3) is 0 Å². The Morgan fingerprint density at radius 2 is 2.18 bits per heavy atom. The van der Waals surface area contributed by atoms with Gasteiger partial charge in [-0.05, 0) is 31.0 Å². The van der Waals surface area contributed by atoms with Crippen LogP contribution in [0.2, 0.25) is 5.02 Å². The Morgan fingerprint density at radius 3 is 2.95 bits per heavy atom. The highest BCUT2D eigenvalue weighted by atomic mass is 35.5. The van der Waals surface area contributed by atoms with E-state index in [0.29, 0.717) is 37.9 Å². The minimum atomic E-state index is -0.0481. The van der Waals surface area contributed by atoms with Crippen molar-refractivity contribution in [3.05, 3.63) is 34.9 Å². The van der Waals surface area contributed by atoms with Crippen molar-refractivity contribution in [1.82, 2.24) is 10.2 Å². The third-order valence-corrected chi connectivity index (χ3v) is 3.91. The molecule has 122 valence electrons. The molecule has 0 saturated carbocycles. The number of ether oxygens (including phenoxy) is 2. The molecule has 22 heavy (non-hydrogen) atoms. The van der Waals surface area contributed by atoms with E-state index in [9.17, 15) is 4.79 Å². The second kappa shape index (κ2) is 8.98. The van der Waals surface area contributed by atoms with Crippen molar-refractivity contribution < 1.29 is 14.3 Å². The number of nitrogens with one attached hydrogen (secondary N) is 1. The first-order chi connectivity index (χ1) is 10.7. The van der Waals surface area contributed by atoms with Crippen LogP contribution in [0.25, 0.3) is 0 Å². The molecule has 1 aliphatic rings. The van der Waals surface area contributed by atoms with Crippen LogP contribution in [-0.4, -0.2) is 49.9 Å². The normalized spacial score (nSPS) is 18.8. The molecule has 1 atom stereocenters. The van der Waals surface area contributed by atoms with Crippen LogP contribution in [0.5, 0.6) is 0 Å². The molecule has 1 aromatic rings. The highest BCUT2D eigenvalue weighted by Crippen LogP contribution is 2.10. The standard InChI is InChI=1S/C16H23ClN2O3/c1-13-6-9-21-11-8-19(13)16(20)18-7-10-22-12-14-2-4-15(17)5-3-14/h2-5,13H,6-12H2,1H3,(H,18,20). The third kappa shape index (κ3) is 5.48. The van der Waals surface area contributed by atoms with E-state index >= 15 is 0 Å². The zero-order valence-corrected chi connectivity index (χ0v) is 13.6. The maximum absolute atomic E-state index is 12.1. The molecule has 6 heteroatoms. The summed E-state index contributed by atoms with van der Waals surface area (Å²) in [6, 6.07) is 7.69. The number of hydrogen-bond acceptors (Lipinski definition) is 3. The maximum atomic E-state index is 12.1. The summed E-state index contributed by atoms with van der Waals surface area (Å²) in [5, 5.41) is 3.61. The van der Waals surface area contributed by atoms with Crippen molar-refractivity contribution in [1.29, 1.82) is 0 Å². The van der Waals surface area contributed by atoms with E-state index in [0.717, 1.165) is 18.6 Å². The lowest BCUT2D eigenvalue weighted by molar-refractivity contribution is 0.119. The van der Waals surface area contributed by atoms with Gasteiger partial charge in [0.05, 0.1) is 19.8 Å². The molecular formula is C16H23ClN2O3. The Morgan fingerprint density at radius 1 is 1.41 bits per heavy atom. The fraction of sp³-hybridized carbons (Fsp3) is 0.562. The average molecular weight is 327 g/mol. The number of benzene rings is 1. The fourth-order valence-electron chi connectivity index (χ4n) is 2.30. The number of hydrogen-bond donors (Lipinski definition) is 1. The Balaban J connectivity index is 1.63. The molecular weight excluding hydrogens is 304 g/mol. The van der Waals surface area contributed by atoms with Gasteiger partial charge in [-0.15, -0.1) is 0 Å². The molecule has 0 spiro atoms. The number of carbonyl (C=O) groups excluding carboxylic acids is 1. The molecule has 1 unspecified atom stereocenters. The van der Waals surface area contributed by atoms with Crippen molar-refractivity contribution in [2.75, 3.05) is 32.9 Å². The summed E-state index contributed by atoms with van der Waals surface area (Å²) in [6.45, 7) is 5.49. The molecule has 1 aliphatic heterocycles. The molecule has 5 nitrogen and oxygen atoms in total. The quantitative estimate of drug-likeness (QED) is 0.846. The van der Waals surface area contributed by atoms with E-state index in [4.69, 9.17) is 21.1 Å². The van der Waals surface area contributed by atoms with Gasteiger partial charge in [-0.25, -0.2) is 4.79 Å². The van der Waals surface area contributed by atoms with Gasteiger partial charge in [0.15, 0.2) is 0 Å². The van der Waals surface area contributed by atoms with E-state index in [1.807, 2.05) is 36.1 Å². The van der Waals surface area contributed by atoms with E-state index < -0.39 is 0 Å². The molecule has 0 aromatic heterocycles. The minimum absolute atomic E-state index is 0.0481. The summed E-state index contributed by atoms with van der Waals surface area (Å²) >= 11 is 5.83. The highest BCUT2D eigenvalue weighted by molar-refractivity contribution is 6.30. The zero-order valence-electron chi connectivity index (χ0n) is 12.9. The molecule has 1 heterocycles. The predicted octanol–water partition coefficient (Wildman–Crippen LogP) is 2.68. The van der Waals surface area contributed by atoms with Crippen molar-refractivity contribution >= 4 is 17.6 Å². The number of halogens is 1. The molecule has 1 saturated heterocycles. The maximum Gasteiger partial charge on any atom is 0.317 e. The first-order valence-electron chi connectivity index (χ1n) is 7.61. The van der Waals surface area contributed by atoms with Gasteiger partial charge in [0.1, 0.15) is 0 Å². The molecule has 1 fully saturated rings. The molecule has 1 N–H and O–H groups in total. The van der Waals surface area contributed by atoms with Crippen LogP contribution in [0.1, 0.15) is 18.9 Å². The van der Waals surface area contributed by atoms with Crippen molar-refractivity contribution in [3.63, 3.8) is 0 Å². The van der Waals surface area contributed by atoms with Crippen LogP contribution >= 0.6 is 11.6 Å². The first-order valence-corrected chi connectivity index (χ1v) is 7.99. The Hall–Kier alpha value is -1.30. The highest BCUT2D eigenvalue weighted by Gasteiger charge is 2.21. The lowest BCUT2D eigenvalue weighted by atomic mass is 10.2. The lowest BCUT2D eigenvalue weighted by Gasteiger charge is -2.26. The van der Waals surface area contributed by atoms with Crippen LogP contribution in [0.4, 0.5) is 4.79 Å². The monoisotopic (exact) mass is 326 g/mol. The summed E-state index contributed by atoms with van der Waals surface area (Å²) in [6.07, 6.45) is 0.875. The zero-order chi connectivity index (χ0) is 15.8. The van der Waals surface area contributed by atoms with Crippen molar-refractivity contribution in [3.8, 4) is 0 Å². The van der Waals surface area contributed by atoms with Gasteiger partial charge in [-0.3, -0.25) is 0 Å². The Kier molecular flexibility index (Phi) is 6.96. The molecule has 0 radical (unpaired) electrons. The summed E-state index contributed by atoms with van der Waals surface area (Å²) in [4.78, 5) is 13.9. The van der Waals surface area contributed by atoms with Crippen molar-refractivity contribution in [2.45, 2.75) is 26.0 Å². The van der Waals surface area contributed by atoms with Crippen LogP contribution in [-0.2, 0) is 16.1 Å². The SMILES string of the molecule is CC1CCOCCN1C(=O)NCCOCc1ccc(Cl)cc1. The summed E-state index contributed by atoms with van der Waals surface area (Å²) in [5.41, 5.74) is 1.06. The molecule has 2 amide bonds. The van der Waals surface area contributed by atoms with E-state index in [-0.39, 0.29) is 12.1 Å². The smallest absolute Gasteiger partial charge is 0.317 e. The molecule has 2 rings (SSSR count). The fourth-order valence-corrected chi connectivity index (χ4v) is 2.43. The van der Waals surface area contributed by atoms with E-state index in [1.54, 1.807) is 0 Å². The van der Waals surface area contributed by atoms with Gasteiger partial charge >= 0.3 is 6.03 Å². The van der Waals surface area contributed by atoms with Gasteiger partial charge < -0.3 is 19.7 Å². The number of amides is 2. The lowest BCUT2D eigenvalue weighted by Crippen LogP contribution is -2.46. The summed E-state index contributed by atoms with van der Waals surface area (Å²) < 4.78 is 10.9. The summed E-state index contributed by atoms with van der Waals surface area (Å²) in [7, 11) is 0. The topological polar surface area (TPSA) is 50.8 Å². The Labute approximate surface area is 136 Å². The molecule has 1 aromatic carbocycles. The summed E-state index contributed by atoms with van der Waals surface area (Å²) in [5.74, 6) is 0. The largest absolute Gasteiger partial charge is 0.380 e. The van der Waals surface area contributed by atoms with Crippen LogP contribution < -0.4 is 5.32 Å².